The van der Waals surface area contributed by atoms with Crippen molar-refractivity contribution < 1.29 is 28.2 Å². The molecule has 1 atom stereocenters. The van der Waals surface area contributed by atoms with E-state index in [1.165, 1.54) is 21.3 Å². The molecule has 1 aromatic heterocycles. The summed E-state index contributed by atoms with van der Waals surface area (Å²) in [6.07, 6.45) is 0.693. The van der Waals surface area contributed by atoms with Crippen molar-refractivity contribution in [1.82, 2.24) is 4.90 Å². The highest BCUT2D eigenvalue weighted by Gasteiger charge is 2.43. The van der Waals surface area contributed by atoms with Gasteiger partial charge < -0.3 is 28.3 Å². The summed E-state index contributed by atoms with van der Waals surface area (Å²) in [4.78, 5) is 28.7. The summed E-state index contributed by atoms with van der Waals surface area (Å²) in [5, 5.41) is 0.427. The molecule has 4 rings (SSSR count). The van der Waals surface area contributed by atoms with E-state index in [4.69, 9.17) is 23.4 Å². The summed E-state index contributed by atoms with van der Waals surface area (Å²) in [5.74, 6) is 1.03. The van der Waals surface area contributed by atoms with Crippen LogP contribution >= 0.6 is 0 Å². The van der Waals surface area contributed by atoms with Crippen LogP contribution in [0.25, 0.3) is 11.0 Å². The second-order valence-electron chi connectivity index (χ2n) is 8.30. The molecule has 3 aromatic rings. The van der Waals surface area contributed by atoms with Crippen LogP contribution in [0.5, 0.6) is 17.2 Å². The van der Waals surface area contributed by atoms with Crippen molar-refractivity contribution in [3.8, 4) is 17.2 Å². The molecule has 34 heavy (non-hydrogen) atoms. The van der Waals surface area contributed by atoms with E-state index >= 15 is 0 Å². The fraction of sp³-hybridized carbons (Fsp3) is 0.385. The summed E-state index contributed by atoms with van der Waals surface area (Å²) < 4.78 is 28.1. The van der Waals surface area contributed by atoms with Crippen LogP contribution in [0.4, 0.5) is 0 Å². The number of amides is 1. The van der Waals surface area contributed by atoms with Crippen LogP contribution in [0.2, 0.25) is 0 Å². The van der Waals surface area contributed by atoms with Gasteiger partial charge in [-0.15, -0.1) is 0 Å². The fourth-order valence-electron chi connectivity index (χ4n) is 4.36. The van der Waals surface area contributed by atoms with Gasteiger partial charge in [0.05, 0.1) is 44.4 Å². The molecule has 0 saturated heterocycles. The molecule has 0 spiro atoms. The number of hydrogen-bond donors (Lipinski definition) is 0. The van der Waals surface area contributed by atoms with Crippen molar-refractivity contribution in [2.75, 3.05) is 34.5 Å². The van der Waals surface area contributed by atoms with E-state index in [0.29, 0.717) is 58.9 Å². The van der Waals surface area contributed by atoms with E-state index in [-0.39, 0.29) is 23.2 Å². The quantitative estimate of drug-likeness (QED) is 0.436. The Bertz CT molecular complexity index is 1240. The Morgan fingerprint density at radius 3 is 2.29 bits per heavy atom. The predicted octanol–water partition coefficient (Wildman–Crippen LogP) is 4.18. The molecular weight excluding hydrogens is 438 g/mol. The molecule has 0 N–H and O–H groups in total. The molecule has 1 aliphatic rings. The Hall–Kier alpha value is -3.52. The number of fused-ring (bicyclic) bond motifs is 2. The summed E-state index contributed by atoms with van der Waals surface area (Å²) in [5.41, 5.74) is 1.12. The van der Waals surface area contributed by atoms with Crippen molar-refractivity contribution in [1.29, 1.82) is 0 Å². The molecule has 0 aliphatic carbocycles. The first kappa shape index (κ1) is 23.6. The molecule has 2 aromatic carbocycles. The number of hydrogen-bond acceptors (Lipinski definition) is 7. The minimum atomic E-state index is -0.670. The number of carbonyl (C=O) groups excluding carboxylic acids is 1. The van der Waals surface area contributed by atoms with Crippen LogP contribution in [-0.4, -0.2) is 51.4 Å². The van der Waals surface area contributed by atoms with E-state index < -0.39 is 6.04 Å². The number of methoxy groups -OCH3 is 3. The van der Waals surface area contributed by atoms with Gasteiger partial charge in [0, 0.05) is 13.2 Å². The highest BCUT2D eigenvalue weighted by atomic mass is 16.5. The van der Waals surface area contributed by atoms with E-state index in [0.717, 1.165) is 0 Å². The van der Waals surface area contributed by atoms with Crippen LogP contribution in [0.1, 0.15) is 48.0 Å². The van der Waals surface area contributed by atoms with E-state index in [2.05, 4.69) is 0 Å². The van der Waals surface area contributed by atoms with Gasteiger partial charge in [-0.05, 0) is 50.1 Å². The maximum Gasteiger partial charge on any atom is 0.290 e. The summed E-state index contributed by atoms with van der Waals surface area (Å²) in [6, 6.07) is 9.81. The molecule has 0 fully saturated rings. The monoisotopic (exact) mass is 467 g/mol. The van der Waals surface area contributed by atoms with Crippen molar-refractivity contribution in [2.24, 2.45) is 0 Å². The van der Waals surface area contributed by atoms with Gasteiger partial charge in [-0.25, -0.2) is 0 Å². The lowest BCUT2D eigenvalue weighted by Crippen LogP contribution is -2.31. The molecule has 0 unspecified atom stereocenters. The molecule has 0 bridgehead atoms. The Balaban J connectivity index is 1.88. The van der Waals surface area contributed by atoms with Crippen molar-refractivity contribution in [3.05, 3.63) is 63.5 Å². The lowest BCUT2D eigenvalue weighted by atomic mass is 9.97. The van der Waals surface area contributed by atoms with Crippen LogP contribution in [0.3, 0.4) is 0 Å². The maximum atomic E-state index is 13.6. The van der Waals surface area contributed by atoms with Gasteiger partial charge >= 0.3 is 0 Å². The number of ether oxygens (including phenoxy) is 4. The molecule has 8 heteroatoms. The topological polar surface area (TPSA) is 87.4 Å². The fourth-order valence-corrected chi connectivity index (χ4v) is 4.36. The number of para-hydroxylation sites is 1. The molecule has 0 saturated carbocycles. The van der Waals surface area contributed by atoms with E-state index in [9.17, 15) is 9.59 Å². The number of rotatable bonds is 9. The molecule has 1 amide bonds. The lowest BCUT2D eigenvalue weighted by molar-refractivity contribution is 0.0593. The van der Waals surface area contributed by atoms with E-state index in [1.54, 1.807) is 41.3 Å². The third-order valence-electron chi connectivity index (χ3n) is 5.87. The third kappa shape index (κ3) is 4.09. The lowest BCUT2D eigenvalue weighted by Gasteiger charge is -2.26. The van der Waals surface area contributed by atoms with E-state index in [1.807, 2.05) is 13.8 Å². The van der Waals surface area contributed by atoms with Crippen LogP contribution in [0, 0.1) is 0 Å². The van der Waals surface area contributed by atoms with Gasteiger partial charge in [-0.3, -0.25) is 9.59 Å². The number of carbonyl (C=O) groups is 1. The summed E-state index contributed by atoms with van der Waals surface area (Å²) in [6.45, 7) is 4.80. The molecule has 0 radical (unpaired) electrons. The second kappa shape index (κ2) is 9.77. The first-order chi connectivity index (χ1) is 16.4. The van der Waals surface area contributed by atoms with Crippen molar-refractivity contribution in [2.45, 2.75) is 32.4 Å². The van der Waals surface area contributed by atoms with Gasteiger partial charge in [0.25, 0.3) is 5.91 Å². The Morgan fingerprint density at radius 2 is 1.68 bits per heavy atom. The normalized spacial score (nSPS) is 15.2. The highest BCUT2D eigenvalue weighted by molar-refractivity contribution is 5.99. The first-order valence-electron chi connectivity index (χ1n) is 11.2. The maximum absolute atomic E-state index is 13.6. The number of benzene rings is 2. The first-order valence-corrected chi connectivity index (χ1v) is 11.2. The molecular formula is C26H29NO7. The molecule has 8 nitrogen and oxygen atoms in total. The van der Waals surface area contributed by atoms with Gasteiger partial charge in [0.1, 0.15) is 5.58 Å². The smallest absolute Gasteiger partial charge is 0.290 e. The Kier molecular flexibility index (Phi) is 6.79. The molecule has 180 valence electrons. The summed E-state index contributed by atoms with van der Waals surface area (Å²) >= 11 is 0. The average Bonchev–Trinajstić information content (AvgIpc) is 3.12. The van der Waals surface area contributed by atoms with Crippen LogP contribution in [-0.2, 0) is 4.74 Å². The van der Waals surface area contributed by atoms with Crippen molar-refractivity contribution >= 4 is 16.9 Å². The largest absolute Gasteiger partial charge is 0.493 e. The standard InChI is InChI=1S/C26H29NO7/c1-15(2)33-12-8-11-27-22(16-13-19(30-3)24(32-5)20(14-16)31-4)21-23(28)17-9-6-7-10-18(17)34-25(21)26(27)29/h6-7,9-10,13-15,22H,8,11-12H2,1-5H3/t22-/m0/s1. The second-order valence-corrected chi connectivity index (χ2v) is 8.30. The third-order valence-corrected chi connectivity index (χ3v) is 5.87. The predicted molar refractivity (Wildman–Crippen MR) is 127 cm³/mol. The average molecular weight is 468 g/mol. The van der Waals surface area contributed by atoms with Gasteiger partial charge in [0.2, 0.25) is 11.5 Å². The Labute approximate surface area is 198 Å². The van der Waals surface area contributed by atoms with Gasteiger partial charge in [0.15, 0.2) is 16.9 Å². The van der Waals surface area contributed by atoms with Crippen LogP contribution < -0.4 is 19.6 Å². The minimum Gasteiger partial charge on any atom is -0.493 e. The highest BCUT2D eigenvalue weighted by Crippen LogP contribution is 2.45. The van der Waals surface area contributed by atoms with Crippen LogP contribution in [0.15, 0.2) is 45.6 Å². The Morgan fingerprint density at radius 1 is 1.00 bits per heavy atom. The minimum absolute atomic E-state index is 0.0622. The van der Waals surface area contributed by atoms with Gasteiger partial charge in [-0.1, -0.05) is 12.1 Å². The SMILES string of the molecule is COc1cc([C@H]2c3c(oc4ccccc4c3=O)C(=O)N2CCCOC(C)C)cc(OC)c1OC. The molecule has 2 heterocycles. The van der Waals surface area contributed by atoms with Crippen molar-refractivity contribution in [3.63, 3.8) is 0 Å². The zero-order chi connectivity index (χ0) is 24.4. The van der Waals surface area contributed by atoms with Gasteiger partial charge in [-0.2, -0.15) is 0 Å². The molecule has 1 aliphatic heterocycles. The number of nitrogens with zero attached hydrogens (tertiary/aromatic N) is 1. The zero-order valence-corrected chi connectivity index (χ0v) is 20.0. The zero-order valence-electron chi connectivity index (χ0n) is 20.0. The summed E-state index contributed by atoms with van der Waals surface area (Å²) in [7, 11) is 4.58.